The average molecular weight is 839 g/mol. The SMILES string of the molecule is COc1ccc(CN(Cc2ccc(OC)cc2)S(=O)(=O)CCC2CCCO2)cc1.COc1ccc(CN(Cc2ccc(OC)cc2)S(=O)(=O)CCC2CCCO2)cc1. The van der Waals surface area contributed by atoms with Gasteiger partial charge in [-0.3, -0.25) is 0 Å². The summed E-state index contributed by atoms with van der Waals surface area (Å²) in [5.41, 5.74) is 3.67. The Kier molecular flexibility index (Phi) is 17.2. The fourth-order valence-corrected chi connectivity index (χ4v) is 9.83. The lowest BCUT2D eigenvalue weighted by Crippen LogP contribution is -2.33. The Balaban J connectivity index is 0.000000221. The molecule has 4 aromatic carbocycles. The topological polar surface area (TPSA) is 130 Å². The molecule has 2 aliphatic heterocycles. The van der Waals surface area contributed by atoms with Crippen molar-refractivity contribution < 1.29 is 45.3 Å². The van der Waals surface area contributed by atoms with Gasteiger partial charge in [0.2, 0.25) is 20.0 Å². The predicted molar refractivity (Wildman–Crippen MR) is 225 cm³/mol. The highest BCUT2D eigenvalue weighted by atomic mass is 32.2. The van der Waals surface area contributed by atoms with E-state index in [0.717, 1.165) is 84.1 Å². The lowest BCUT2D eigenvalue weighted by atomic mass is 10.2. The van der Waals surface area contributed by atoms with Crippen LogP contribution >= 0.6 is 0 Å². The van der Waals surface area contributed by atoms with E-state index >= 15 is 0 Å². The van der Waals surface area contributed by atoms with Crippen molar-refractivity contribution in [2.24, 2.45) is 0 Å². The second-order valence-corrected chi connectivity index (χ2v) is 18.6. The number of methoxy groups -OCH3 is 4. The summed E-state index contributed by atoms with van der Waals surface area (Å²) >= 11 is 0. The Bertz CT molecular complexity index is 1770. The fraction of sp³-hybridized carbons (Fsp3) is 0.455. The highest BCUT2D eigenvalue weighted by Crippen LogP contribution is 2.24. The van der Waals surface area contributed by atoms with Crippen molar-refractivity contribution in [3.8, 4) is 23.0 Å². The van der Waals surface area contributed by atoms with Crippen LogP contribution < -0.4 is 18.9 Å². The molecule has 0 N–H and O–H groups in total. The summed E-state index contributed by atoms with van der Waals surface area (Å²) < 4.78 is 87.7. The zero-order valence-electron chi connectivity index (χ0n) is 34.1. The predicted octanol–water partition coefficient (Wildman–Crippen LogP) is 7.21. The van der Waals surface area contributed by atoms with E-state index < -0.39 is 20.0 Å². The molecule has 2 saturated heterocycles. The van der Waals surface area contributed by atoms with Gasteiger partial charge in [-0.15, -0.1) is 0 Å². The van der Waals surface area contributed by atoms with E-state index in [1.54, 1.807) is 37.0 Å². The number of benzene rings is 4. The van der Waals surface area contributed by atoms with Crippen LogP contribution in [-0.4, -0.2) is 90.8 Å². The zero-order valence-corrected chi connectivity index (χ0v) is 35.7. The van der Waals surface area contributed by atoms with Crippen LogP contribution in [0, 0.1) is 0 Å². The van der Waals surface area contributed by atoms with Crippen LogP contribution in [0.3, 0.4) is 0 Å². The first-order chi connectivity index (χ1) is 28.0. The van der Waals surface area contributed by atoms with Crippen LogP contribution in [0.25, 0.3) is 0 Å². The second kappa shape index (κ2) is 22.3. The molecule has 2 heterocycles. The number of rotatable bonds is 20. The van der Waals surface area contributed by atoms with E-state index in [1.165, 1.54) is 0 Å². The first-order valence-electron chi connectivity index (χ1n) is 19.7. The highest BCUT2D eigenvalue weighted by molar-refractivity contribution is 7.89. The van der Waals surface area contributed by atoms with Crippen molar-refractivity contribution in [2.45, 2.75) is 76.9 Å². The summed E-state index contributed by atoms with van der Waals surface area (Å²) in [6.45, 7) is 2.69. The molecular weight excluding hydrogens is 781 g/mol. The lowest BCUT2D eigenvalue weighted by Gasteiger charge is -2.23. The number of sulfonamides is 2. The third-order valence-corrected chi connectivity index (χ3v) is 13.9. The van der Waals surface area contributed by atoms with Gasteiger partial charge in [0.15, 0.2) is 0 Å². The van der Waals surface area contributed by atoms with E-state index in [0.29, 0.717) is 39.0 Å². The standard InChI is InChI=1S/2C22H29NO5S/c2*1-26-20-9-5-18(6-10-20)16-23(17-19-7-11-21(27-2)12-8-19)29(24,25)15-13-22-4-3-14-28-22/h2*5-12,22H,3-4,13-17H2,1-2H3. The smallest absolute Gasteiger partial charge is 0.214 e. The molecule has 2 atom stereocenters. The van der Waals surface area contributed by atoms with Crippen LogP contribution in [0.1, 0.15) is 60.8 Å². The molecular formula is C44H58N2O10S2. The van der Waals surface area contributed by atoms with E-state index in [9.17, 15) is 16.8 Å². The summed E-state index contributed by atoms with van der Waals surface area (Å²) in [6, 6.07) is 30.0. The Morgan fingerprint density at radius 3 is 0.931 bits per heavy atom. The molecule has 2 aliphatic rings. The van der Waals surface area contributed by atoms with Crippen molar-refractivity contribution in [3.63, 3.8) is 0 Å². The number of nitrogens with zero attached hydrogens (tertiary/aromatic N) is 2. The maximum Gasteiger partial charge on any atom is 0.214 e. The van der Waals surface area contributed by atoms with Gasteiger partial charge in [-0.25, -0.2) is 16.8 Å². The number of hydrogen-bond acceptors (Lipinski definition) is 10. The normalized spacial score (nSPS) is 16.9. The minimum absolute atomic E-state index is 0.0496. The Morgan fingerprint density at radius 2 is 0.724 bits per heavy atom. The molecule has 316 valence electrons. The minimum atomic E-state index is -3.45. The van der Waals surface area contributed by atoms with Gasteiger partial charge in [-0.2, -0.15) is 8.61 Å². The number of hydrogen-bond donors (Lipinski definition) is 0. The molecule has 2 unspecified atom stereocenters. The monoisotopic (exact) mass is 838 g/mol. The molecule has 0 aliphatic carbocycles. The molecule has 4 aromatic rings. The Hall–Kier alpha value is -4.18. The van der Waals surface area contributed by atoms with Crippen LogP contribution in [0.2, 0.25) is 0 Å². The summed E-state index contributed by atoms with van der Waals surface area (Å²) in [6.07, 6.45) is 5.05. The van der Waals surface area contributed by atoms with Gasteiger partial charge < -0.3 is 28.4 Å². The molecule has 0 amide bonds. The molecule has 0 saturated carbocycles. The van der Waals surface area contributed by atoms with Crippen molar-refractivity contribution >= 4 is 20.0 Å². The summed E-state index contributed by atoms with van der Waals surface area (Å²) in [5, 5.41) is 0. The molecule has 0 spiro atoms. The second-order valence-electron chi connectivity index (χ2n) is 14.4. The van der Waals surface area contributed by atoms with Gasteiger partial charge in [0.1, 0.15) is 23.0 Å². The average Bonchev–Trinajstić information content (AvgIpc) is 3.99. The van der Waals surface area contributed by atoms with Gasteiger partial charge in [0.05, 0.1) is 52.2 Å². The third kappa shape index (κ3) is 14.0. The van der Waals surface area contributed by atoms with Crippen LogP contribution in [0.5, 0.6) is 23.0 Å². The van der Waals surface area contributed by atoms with Crippen molar-refractivity contribution in [1.29, 1.82) is 0 Å². The zero-order chi connectivity index (χ0) is 41.4. The molecule has 2 fully saturated rings. The molecule has 12 nitrogen and oxygen atoms in total. The van der Waals surface area contributed by atoms with Crippen LogP contribution in [0.4, 0.5) is 0 Å². The molecule has 0 radical (unpaired) electrons. The largest absolute Gasteiger partial charge is 0.497 e. The van der Waals surface area contributed by atoms with E-state index in [-0.39, 0.29) is 23.7 Å². The highest BCUT2D eigenvalue weighted by Gasteiger charge is 2.27. The molecule has 6 rings (SSSR count). The summed E-state index contributed by atoms with van der Waals surface area (Å²) in [4.78, 5) is 0. The van der Waals surface area contributed by atoms with E-state index in [2.05, 4.69) is 0 Å². The first kappa shape index (κ1) is 44.9. The minimum Gasteiger partial charge on any atom is -0.497 e. The van der Waals surface area contributed by atoms with Crippen molar-refractivity contribution in [2.75, 3.05) is 53.2 Å². The first-order valence-corrected chi connectivity index (χ1v) is 22.9. The van der Waals surface area contributed by atoms with Gasteiger partial charge in [0.25, 0.3) is 0 Å². The Labute approximate surface area is 345 Å². The summed E-state index contributed by atoms with van der Waals surface area (Å²) in [5.74, 6) is 3.16. The fourth-order valence-electron chi connectivity index (χ4n) is 6.81. The number of ether oxygens (including phenoxy) is 6. The maximum absolute atomic E-state index is 13.2. The van der Waals surface area contributed by atoms with Crippen LogP contribution in [-0.2, 0) is 55.7 Å². The van der Waals surface area contributed by atoms with Gasteiger partial charge in [-0.05, 0) is 109 Å². The molecule has 58 heavy (non-hydrogen) atoms. The molecule has 0 bridgehead atoms. The molecule has 0 aromatic heterocycles. The maximum atomic E-state index is 13.2. The van der Waals surface area contributed by atoms with Gasteiger partial charge in [-0.1, -0.05) is 48.5 Å². The summed E-state index contributed by atoms with van der Waals surface area (Å²) in [7, 11) is -0.447. The quantitative estimate of drug-likeness (QED) is 0.0901. The van der Waals surface area contributed by atoms with E-state index in [1.807, 2.05) is 97.1 Å². The lowest BCUT2D eigenvalue weighted by molar-refractivity contribution is 0.108. The van der Waals surface area contributed by atoms with Crippen molar-refractivity contribution in [3.05, 3.63) is 119 Å². The van der Waals surface area contributed by atoms with Crippen LogP contribution in [0.15, 0.2) is 97.1 Å². The van der Waals surface area contributed by atoms with Crippen molar-refractivity contribution in [1.82, 2.24) is 8.61 Å². The van der Waals surface area contributed by atoms with Gasteiger partial charge >= 0.3 is 0 Å². The Morgan fingerprint density at radius 1 is 0.466 bits per heavy atom. The van der Waals surface area contributed by atoms with Gasteiger partial charge in [0, 0.05) is 39.4 Å². The van der Waals surface area contributed by atoms with E-state index in [4.69, 9.17) is 28.4 Å². The molecule has 14 heteroatoms. The third-order valence-electron chi connectivity index (χ3n) is 10.3.